The summed E-state index contributed by atoms with van der Waals surface area (Å²) in [5, 5.41) is 11.1. The lowest BCUT2D eigenvalue weighted by atomic mass is 10.1. The van der Waals surface area contributed by atoms with Gasteiger partial charge in [-0.15, -0.1) is 0 Å². The third-order valence-electron chi connectivity index (χ3n) is 2.93. The first-order valence-corrected chi connectivity index (χ1v) is 5.97. The minimum Gasteiger partial charge on any atom is -0.378 e. The second-order valence-corrected chi connectivity index (χ2v) is 4.59. The van der Waals surface area contributed by atoms with Gasteiger partial charge >= 0.3 is 5.69 Å². The summed E-state index contributed by atoms with van der Waals surface area (Å²) in [7, 11) is 1.71. The number of hydrogen-bond acceptors (Lipinski definition) is 6. The molecule has 0 aliphatic rings. The first-order chi connectivity index (χ1) is 9.40. The van der Waals surface area contributed by atoms with Gasteiger partial charge in [0.1, 0.15) is 6.33 Å². The number of anilines is 3. The summed E-state index contributed by atoms with van der Waals surface area (Å²) < 4.78 is 0. The average Bonchev–Trinajstić information content (AvgIpc) is 2.35. The van der Waals surface area contributed by atoms with Gasteiger partial charge in [-0.1, -0.05) is 6.07 Å². The Kier molecular flexibility index (Phi) is 3.51. The van der Waals surface area contributed by atoms with Gasteiger partial charge in [-0.3, -0.25) is 10.1 Å². The molecule has 2 rings (SSSR count). The largest absolute Gasteiger partial charge is 0.378 e. The fourth-order valence-electron chi connectivity index (χ4n) is 2.07. The maximum atomic E-state index is 11.1. The predicted molar refractivity (Wildman–Crippen MR) is 77.1 cm³/mol. The number of benzene rings is 1. The maximum Gasteiger partial charge on any atom is 0.353 e. The third-order valence-corrected chi connectivity index (χ3v) is 2.93. The van der Waals surface area contributed by atoms with Crippen LogP contribution in [0, 0.1) is 24.0 Å². The zero-order valence-corrected chi connectivity index (χ0v) is 11.5. The molecule has 1 aromatic heterocycles. The molecule has 1 aromatic carbocycles. The van der Waals surface area contributed by atoms with Gasteiger partial charge in [0.05, 0.1) is 4.92 Å². The van der Waals surface area contributed by atoms with Crippen molar-refractivity contribution in [2.45, 2.75) is 13.8 Å². The van der Waals surface area contributed by atoms with Gasteiger partial charge in [0.2, 0.25) is 11.6 Å². The van der Waals surface area contributed by atoms with Crippen molar-refractivity contribution in [3.63, 3.8) is 0 Å². The van der Waals surface area contributed by atoms with E-state index in [-0.39, 0.29) is 17.3 Å². The number of aryl methyl sites for hydroxylation is 2. The minimum atomic E-state index is -0.566. The summed E-state index contributed by atoms with van der Waals surface area (Å²) in [6.07, 6.45) is 1.22. The molecule has 20 heavy (non-hydrogen) atoms. The Balaban J connectivity index is 2.56. The molecule has 0 aliphatic carbocycles. The Labute approximate surface area is 116 Å². The molecule has 2 aromatic rings. The van der Waals surface area contributed by atoms with Crippen molar-refractivity contribution in [1.82, 2.24) is 9.97 Å². The van der Waals surface area contributed by atoms with E-state index in [1.807, 2.05) is 32.0 Å². The zero-order valence-electron chi connectivity index (χ0n) is 11.5. The highest BCUT2D eigenvalue weighted by atomic mass is 16.6. The van der Waals surface area contributed by atoms with Crippen LogP contribution in [0.4, 0.5) is 23.0 Å². The van der Waals surface area contributed by atoms with E-state index in [1.54, 1.807) is 11.9 Å². The van der Waals surface area contributed by atoms with E-state index >= 15 is 0 Å². The van der Waals surface area contributed by atoms with E-state index in [1.165, 1.54) is 6.33 Å². The van der Waals surface area contributed by atoms with Crippen molar-refractivity contribution >= 4 is 23.0 Å². The van der Waals surface area contributed by atoms with Crippen molar-refractivity contribution in [2.75, 3.05) is 17.7 Å². The van der Waals surface area contributed by atoms with Gasteiger partial charge < -0.3 is 10.6 Å². The van der Waals surface area contributed by atoms with Crippen LogP contribution in [-0.4, -0.2) is 21.9 Å². The van der Waals surface area contributed by atoms with E-state index in [0.717, 1.165) is 16.8 Å². The lowest BCUT2D eigenvalue weighted by molar-refractivity contribution is -0.383. The van der Waals surface area contributed by atoms with E-state index in [9.17, 15) is 10.1 Å². The van der Waals surface area contributed by atoms with Crippen LogP contribution < -0.4 is 10.6 Å². The molecule has 104 valence electrons. The molecule has 0 bridgehead atoms. The molecule has 0 saturated heterocycles. The molecule has 0 aliphatic heterocycles. The Morgan fingerprint density at radius 2 is 1.80 bits per heavy atom. The number of hydrogen-bond donors (Lipinski definition) is 1. The van der Waals surface area contributed by atoms with E-state index in [4.69, 9.17) is 5.73 Å². The van der Waals surface area contributed by atoms with E-state index in [2.05, 4.69) is 9.97 Å². The fraction of sp³-hybridized carbons (Fsp3) is 0.231. The zero-order chi connectivity index (χ0) is 14.9. The minimum absolute atomic E-state index is 0.142. The van der Waals surface area contributed by atoms with Crippen LogP contribution in [-0.2, 0) is 0 Å². The Bertz CT molecular complexity index is 652. The van der Waals surface area contributed by atoms with Gasteiger partial charge in [-0.05, 0) is 37.1 Å². The first-order valence-electron chi connectivity index (χ1n) is 5.97. The third kappa shape index (κ3) is 2.51. The number of nitro groups is 1. The molecule has 0 radical (unpaired) electrons. The molecule has 0 unspecified atom stereocenters. The summed E-state index contributed by atoms with van der Waals surface area (Å²) in [5.41, 5.74) is 8.24. The summed E-state index contributed by atoms with van der Waals surface area (Å²) in [4.78, 5) is 19.9. The number of nitrogen functional groups attached to an aromatic ring is 1. The Hall–Kier alpha value is -2.70. The highest BCUT2D eigenvalue weighted by molar-refractivity contribution is 5.74. The smallest absolute Gasteiger partial charge is 0.353 e. The van der Waals surface area contributed by atoms with Crippen molar-refractivity contribution in [3.05, 3.63) is 45.8 Å². The van der Waals surface area contributed by atoms with Crippen molar-refractivity contribution < 1.29 is 4.92 Å². The van der Waals surface area contributed by atoms with Gasteiger partial charge in [-0.2, -0.15) is 0 Å². The molecule has 1 heterocycles. The summed E-state index contributed by atoms with van der Waals surface area (Å²) in [6.45, 7) is 3.93. The molecular weight excluding hydrogens is 258 g/mol. The van der Waals surface area contributed by atoms with Crippen LogP contribution >= 0.6 is 0 Å². The monoisotopic (exact) mass is 273 g/mol. The average molecular weight is 273 g/mol. The van der Waals surface area contributed by atoms with Crippen LogP contribution in [0.2, 0.25) is 0 Å². The predicted octanol–water partition coefficient (Wildman–Crippen LogP) is 2.35. The molecule has 0 fully saturated rings. The van der Waals surface area contributed by atoms with Crippen LogP contribution in [0.3, 0.4) is 0 Å². The first kappa shape index (κ1) is 13.7. The second-order valence-electron chi connectivity index (χ2n) is 4.59. The lowest BCUT2D eigenvalue weighted by Gasteiger charge is -2.19. The highest BCUT2D eigenvalue weighted by Crippen LogP contribution is 2.33. The molecular formula is C13H15N5O2. The fourth-order valence-corrected chi connectivity index (χ4v) is 2.07. The number of rotatable bonds is 3. The summed E-state index contributed by atoms with van der Waals surface area (Å²) >= 11 is 0. The topological polar surface area (TPSA) is 98.2 Å². The van der Waals surface area contributed by atoms with Crippen LogP contribution in [0.1, 0.15) is 11.1 Å². The number of nitrogens with zero attached hydrogens (tertiary/aromatic N) is 4. The molecule has 7 heteroatoms. The van der Waals surface area contributed by atoms with Gasteiger partial charge in [0.25, 0.3) is 0 Å². The van der Waals surface area contributed by atoms with Crippen LogP contribution in [0.5, 0.6) is 0 Å². The van der Waals surface area contributed by atoms with Crippen LogP contribution in [0.25, 0.3) is 0 Å². The number of aromatic nitrogens is 2. The van der Waals surface area contributed by atoms with Crippen molar-refractivity contribution in [3.8, 4) is 0 Å². The molecule has 2 N–H and O–H groups in total. The molecule has 0 amide bonds. The van der Waals surface area contributed by atoms with Gasteiger partial charge in [0, 0.05) is 12.7 Å². The molecule has 7 nitrogen and oxygen atoms in total. The maximum absolute atomic E-state index is 11.1. The Morgan fingerprint density at radius 1 is 1.20 bits per heavy atom. The van der Waals surface area contributed by atoms with E-state index < -0.39 is 4.92 Å². The van der Waals surface area contributed by atoms with Crippen LogP contribution in [0.15, 0.2) is 24.5 Å². The standard InChI is InChI=1S/C13H15N5O2/c1-8-4-9(2)6-10(5-8)17(3)13-11(18(19)20)12(14)15-7-16-13/h4-7H,1-3H3,(H2,14,15,16). The normalized spacial score (nSPS) is 10.3. The summed E-state index contributed by atoms with van der Waals surface area (Å²) in [5.74, 6) is 0.0312. The lowest BCUT2D eigenvalue weighted by Crippen LogP contribution is -2.15. The molecule has 0 spiro atoms. The number of nitrogens with two attached hydrogens (primary N) is 1. The van der Waals surface area contributed by atoms with Crippen molar-refractivity contribution in [1.29, 1.82) is 0 Å². The van der Waals surface area contributed by atoms with Gasteiger partial charge in [0.15, 0.2) is 0 Å². The second kappa shape index (κ2) is 5.12. The highest BCUT2D eigenvalue weighted by Gasteiger charge is 2.24. The van der Waals surface area contributed by atoms with E-state index in [0.29, 0.717) is 0 Å². The SMILES string of the molecule is Cc1cc(C)cc(N(C)c2ncnc(N)c2[N+](=O)[O-])c1. The Morgan fingerprint density at radius 3 is 2.35 bits per heavy atom. The molecule has 0 atom stereocenters. The van der Waals surface area contributed by atoms with Gasteiger partial charge in [-0.25, -0.2) is 9.97 Å². The quantitative estimate of drug-likeness (QED) is 0.680. The van der Waals surface area contributed by atoms with Crippen molar-refractivity contribution in [2.24, 2.45) is 0 Å². The summed E-state index contributed by atoms with van der Waals surface area (Å²) in [6, 6.07) is 5.88. The molecule has 0 saturated carbocycles.